The highest BCUT2D eigenvalue weighted by Crippen LogP contribution is 2.41. The van der Waals surface area contributed by atoms with Gasteiger partial charge in [-0.15, -0.1) is 0 Å². The number of para-hydroxylation sites is 5. The number of hydrogen-bond acceptors (Lipinski definition) is 1. The summed E-state index contributed by atoms with van der Waals surface area (Å²) in [7, 11) is 0. The van der Waals surface area contributed by atoms with E-state index in [4.69, 9.17) is 6.57 Å². The molecule has 5 heteroatoms. The van der Waals surface area contributed by atoms with E-state index in [0.29, 0.717) is 11.3 Å². The Bertz CT molecular complexity index is 3420. The van der Waals surface area contributed by atoms with Gasteiger partial charge in [-0.25, -0.2) is 4.85 Å². The molecule has 0 saturated carbocycles. The Morgan fingerprint density at radius 1 is 0.436 bits per heavy atom. The van der Waals surface area contributed by atoms with E-state index in [1.165, 1.54) is 21.5 Å². The molecular formula is C50H29N5. The van der Waals surface area contributed by atoms with Crippen molar-refractivity contribution in [2.45, 2.75) is 0 Å². The van der Waals surface area contributed by atoms with Crippen LogP contribution in [0.5, 0.6) is 0 Å². The minimum atomic E-state index is 0.602. The topological polar surface area (TPSA) is 42.9 Å². The van der Waals surface area contributed by atoms with Gasteiger partial charge in [-0.05, 0) is 83.7 Å². The summed E-state index contributed by atoms with van der Waals surface area (Å²) in [4.78, 5) is 3.70. The normalized spacial score (nSPS) is 11.6. The SMILES string of the molecule is [C-]#[N+]c1ccc2c(c1)c1ccccc1n2-c1ccc(C#N)c(-c2cccc(-n3c4ccccc4c4cccc(-n5c6ccccc6c6ccccc65)c43)c2)c1. The number of fused-ring (bicyclic) bond motifs is 9. The molecule has 0 spiro atoms. The average molecular weight is 700 g/mol. The molecule has 0 N–H and O–H groups in total. The van der Waals surface area contributed by atoms with Crippen molar-refractivity contribution in [2.24, 2.45) is 0 Å². The molecule has 0 unspecified atom stereocenters. The molecule has 5 nitrogen and oxygen atoms in total. The molecule has 0 fully saturated rings. The predicted octanol–water partition coefficient (Wildman–Crippen LogP) is 13.1. The van der Waals surface area contributed by atoms with Crippen molar-refractivity contribution in [1.82, 2.24) is 13.7 Å². The van der Waals surface area contributed by atoms with Crippen molar-refractivity contribution in [3.8, 4) is 34.3 Å². The second-order valence-electron chi connectivity index (χ2n) is 14.0. The summed E-state index contributed by atoms with van der Waals surface area (Å²) in [5, 5.41) is 17.4. The summed E-state index contributed by atoms with van der Waals surface area (Å²) in [5.74, 6) is 0. The standard InChI is InChI=1S/C50H29N5/c1-52-34-25-27-48-43(29-34)40-17-5-6-19-44(40)53(48)36-26-24-33(31-51)42(30-36)32-12-10-13-35(28-32)54-45-20-7-4-16-39(45)41-18-11-23-49(50(41)54)55-46-21-8-2-14-37(46)38-15-3-9-22-47(38)55/h2-30H. The molecular weight excluding hydrogens is 671 g/mol. The van der Waals surface area contributed by atoms with Gasteiger partial charge in [0.05, 0.1) is 57.0 Å². The summed E-state index contributed by atoms with van der Waals surface area (Å²) >= 11 is 0. The van der Waals surface area contributed by atoms with Crippen molar-refractivity contribution in [3.05, 3.63) is 193 Å². The van der Waals surface area contributed by atoms with Gasteiger partial charge >= 0.3 is 0 Å². The Morgan fingerprint density at radius 3 is 1.65 bits per heavy atom. The fourth-order valence-corrected chi connectivity index (χ4v) is 8.76. The van der Waals surface area contributed by atoms with Crippen molar-refractivity contribution < 1.29 is 0 Å². The van der Waals surface area contributed by atoms with E-state index in [-0.39, 0.29) is 0 Å². The first-order valence-corrected chi connectivity index (χ1v) is 18.3. The molecule has 0 atom stereocenters. The zero-order valence-electron chi connectivity index (χ0n) is 29.5. The van der Waals surface area contributed by atoms with E-state index in [1.54, 1.807) is 0 Å². The lowest BCUT2D eigenvalue weighted by Crippen LogP contribution is -2.01. The molecule has 11 rings (SSSR count). The smallest absolute Gasteiger partial charge is 0.188 e. The second-order valence-corrected chi connectivity index (χ2v) is 14.0. The molecule has 0 aliphatic carbocycles. The molecule has 0 aliphatic heterocycles. The van der Waals surface area contributed by atoms with Crippen LogP contribution in [0, 0.1) is 17.9 Å². The lowest BCUT2D eigenvalue weighted by molar-refractivity contribution is 1.13. The Kier molecular flexibility index (Phi) is 6.61. The Labute approximate surface area is 316 Å². The van der Waals surface area contributed by atoms with E-state index in [1.807, 2.05) is 42.5 Å². The third-order valence-corrected chi connectivity index (χ3v) is 11.1. The minimum absolute atomic E-state index is 0.602. The quantitative estimate of drug-likeness (QED) is 0.169. The number of hydrogen-bond donors (Lipinski definition) is 0. The highest BCUT2D eigenvalue weighted by molar-refractivity contribution is 6.15. The summed E-state index contributed by atoms with van der Waals surface area (Å²) < 4.78 is 7.01. The van der Waals surface area contributed by atoms with E-state index < -0.39 is 0 Å². The average Bonchev–Trinajstić information content (AvgIpc) is 3.89. The van der Waals surface area contributed by atoms with Crippen LogP contribution < -0.4 is 0 Å². The molecule has 0 saturated heterocycles. The Balaban J connectivity index is 1.16. The van der Waals surface area contributed by atoms with E-state index in [2.05, 4.69) is 158 Å². The monoisotopic (exact) mass is 699 g/mol. The van der Waals surface area contributed by atoms with Crippen LogP contribution in [0.15, 0.2) is 176 Å². The first kappa shape index (κ1) is 30.7. The Hall–Kier alpha value is -7.86. The minimum Gasteiger partial charge on any atom is -0.309 e. The number of rotatable bonds is 4. The summed E-state index contributed by atoms with van der Waals surface area (Å²) in [6.07, 6.45) is 0. The molecule has 0 amide bonds. The largest absolute Gasteiger partial charge is 0.309 e. The van der Waals surface area contributed by atoms with Crippen LogP contribution in [0.3, 0.4) is 0 Å². The van der Waals surface area contributed by atoms with Gasteiger partial charge in [-0.1, -0.05) is 103 Å². The van der Waals surface area contributed by atoms with Crippen molar-refractivity contribution in [1.29, 1.82) is 5.26 Å². The number of aromatic nitrogens is 3. The number of nitrogens with zero attached hydrogens (tertiary/aromatic N) is 5. The van der Waals surface area contributed by atoms with Gasteiger partial charge in [0.25, 0.3) is 0 Å². The summed E-state index contributed by atoms with van der Waals surface area (Å²) in [5.41, 5.74) is 12.7. The summed E-state index contributed by atoms with van der Waals surface area (Å²) in [6.45, 7) is 7.62. The van der Waals surface area contributed by atoms with Crippen molar-refractivity contribution in [2.75, 3.05) is 0 Å². The van der Waals surface area contributed by atoms with Crippen LogP contribution in [0.2, 0.25) is 0 Å². The maximum Gasteiger partial charge on any atom is 0.188 e. The lowest BCUT2D eigenvalue weighted by atomic mass is 9.99. The first-order valence-electron chi connectivity index (χ1n) is 18.3. The molecule has 0 aliphatic rings. The third kappa shape index (κ3) is 4.45. The maximum atomic E-state index is 10.5. The zero-order chi connectivity index (χ0) is 36.6. The van der Waals surface area contributed by atoms with E-state index >= 15 is 0 Å². The van der Waals surface area contributed by atoms with Gasteiger partial charge in [-0.3, -0.25) is 0 Å². The van der Waals surface area contributed by atoms with Gasteiger partial charge in [0.15, 0.2) is 5.69 Å². The fraction of sp³-hybridized carbons (Fsp3) is 0. The van der Waals surface area contributed by atoms with Crippen molar-refractivity contribution in [3.63, 3.8) is 0 Å². The van der Waals surface area contributed by atoms with Gasteiger partial charge in [0.2, 0.25) is 0 Å². The molecule has 11 aromatic rings. The van der Waals surface area contributed by atoms with E-state index in [0.717, 1.165) is 72.1 Å². The molecule has 254 valence electrons. The Morgan fingerprint density at radius 2 is 0.982 bits per heavy atom. The van der Waals surface area contributed by atoms with Crippen LogP contribution in [-0.2, 0) is 0 Å². The molecule has 8 aromatic carbocycles. The zero-order valence-corrected chi connectivity index (χ0v) is 29.5. The van der Waals surface area contributed by atoms with Gasteiger partial charge in [-0.2, -0.15) is 5.26 Å². The van der Waals surface area contributed by atoms with Crippen LogP contribution in [-0.4, -0.2) is 13.7 Å². The van der Waals surface area contributed by atoms with Crippen LogP contribution in [0.4, 0.5) is 5.69 Å². The fourth-order valence-electron chi connectivity index (χ4n) is 8.76. The predicted molar refractivity (Wildman–Crippen MR) is 226 cm³/mol. The number of benzene rings is 8. The second kappa shape index (κ2) is 11.8. The highest BCUT2D eigenvalue weighted by atomic mass is 15.1. The van der Waals surface area contributed by atoms with Gasteiger partial charge in [0, 0.05) is 43.9 Å². The third-order valence-electron chi connectivity index (χ3n) is 11.1. The van der Waals surface area contributed by atoms with Crippen molar-refractivity contribution >= 4 is 71.1 Å². The van der Waals surface area contributed by atoms with Crippen LogP contribution in [0.1, 0.15) is 5.56 Å². The summed E-state index contributed by atoms with van der Waals surface area (Å²) in [6, 6.07) is 63.8. The first-order chi connectivity index (χ1) is 27.2. The van der Waals surface area contributed by atoms with Crippen LogP contribution in [0.25, 0.3) is 98.5 Å². The molecule has 55 heavy (non-hydrogen) atoms. The van der Waals surface area contributed by atoms with Gasteiger partial charge < -0.3 is 13.7 Å². The number of nitriles is 1. The van der Waals surface area contributed by atoms with E-state index in [9.17, 15) is 5.26 Å². The highest BCUT2D eigenvalue weighted by Gasteiger charge is 2.21. The maximum absolute atomic E-state index is 10.5. The molecule has 0 bridgehead atoms. The molecule has 3 aromatic heterocycles. The lowest BCUT2D eigenvalue weighted by Gasteiger charge is -2.16. The van der Waals surface area contributed by atoms with Crippen LogP contribution >= 0.6 is 0 Å². The molecule has 3 heterocycles. The molecule has 0 radical (unpaired) electrons. The van der Waals surface area contributed by atoms with Gasteiger partial charge in [0.1, 0.15) is 0 Å².